The number of amides is 2. The van der Waals surface area contributed by atoms with Gasteiger partial charge >= 0.3 is 0 Å². The second-order valence-corrected chi connectivity index (χ2v) is 11.8. The Hall–Kier alpha value is -2.58. The van der Waals surface area contributed by atoms with Crippen molar-refractivity contribution in [1.29, 1.82) is 0 Å². The van der Waals surface area contributed by atoms with Gasteiger partial charge in [-0.3, -0.25) is 13.9 Å². The molecule has 1 atom stereocenters. The van der Waals surface area contributed by atoms with Crippen molar-refractivity contribution in [3.05, 3.63) is 64.7 Å². The first-order valence-electron chi connectivity index (χ1n) is 11.7. The first-order chi connectivity index (χ1) is 16.3. The highest BCUT2D eigenvalue weighted by molar-refractivity contribution is 7.92. The molecule has 192 valence electrons. The molecule has 0 spiro atoms. The maximum atomic E-state index is 13.8. The van der Waals surface area contributed by atoms with Gasteiger partial charge in [-0.15, -0.1) is 0 Å². The Morgan fingerprint density at radius 1 is 1.00 bits per heavy atom. The van der Waals surface area contributed by atoms with Gasteiger partial charge < -0.3 is 10.2 Å². The standard InChI is InChI=1S/C26H36ClN3O4S/c1-7-19-13-10-12-16-23(19)30(35(6,33)34)18-24(31)29(17-20-14-9-11-15-21(20)27)22(8-2)25(32)28-26(3,4)5/h9-16,22H,7-8,17-18H2,1-6H3,(H,28,32)/t22-/m1/s1. The van der Waals surface area contributed by atoms with Gasteiger partial charge in [0.05, 0.1) is 11.9 Å². The molecular formula is C26H36ClN3O4S. The molecule has 9 heteroatoms. The zero-order valence-corrected chi connectivity index (χ0v) is 22.9. The zero-order chi connectivity index (χ0) is 26.4. The van der Waals surface area contributed by atoms with Crippen LogP contribution in [0.4, 0.5) is 5.69 Å². The van der Waals surface area contributed by atoms with Gasteiger partial charge in [-0.2, -0.15) is 0 Å². The van der Waals surface area contributed by atoms with Crippen molar-refractivity contribution in [2.24, 2.45) is 0 Å². The molecule has 0 saturated heterocycles. The van der Waals surface area contributed by atoms with E-state index in [1.807, 2.05) is 46.8 Å². The van der Waals surface area contributed by atoms with Crippen molar-refractivity contribution in [3.63, 3.8) is 0 Å². The van der Waals surface area contributed by atoms with Crippen LogP contribution >= 0.6 is 11.6 Å². The van der Waals surface area contributed by atoms with E-state index in [1.54, 1.807) is 36.4 Å². The quantitative estimate of drug-likeness (QED) is 0.502. The molecule has 0 bridgehead atoms. The van der Waals surface area contributed by atoms with E-state index in [1.165, 1.54) is 4.90 Å². The molecular weight excluding hydrogens is 486 g/mol. The molecule has 0 aliphatic carbocycles. The summed E-state index contributed by atoms with van der Waals surface area (Å²) < 4.78 is 26.7. The normalized spacial score (nSPS) is 12.7. The number of carbonyl (C=O) groups excluding carboxylic acids is 2. The van der Waals surface area contributed by atoms with Crippen LogP contribution in [0.25, 0.3) is 0 Å². The topological polar surface area (TPSA) is 86.8 Å². The van der Waals surface area contributed by atoms with Gasteiger partial charge in [-0.05, 0) is 56.9 Å². The molecule has 2 aromatic carbocycles. The Morgan fingerprint density at radius 2 is 1.57 bits per heavy atom. The van der Waals surface area contributed by atoms with Gasteiger partial charge in [0, 0.05) is 17.1 Å². The minimum atomic E-state index is -3.78. The number of benzene rings is 2. The van der Waals surface area contributed by atoms with E-state index in [-0.39, 0.29) is 12.5 Å². The number of hydrogen-bond donors (Lipinski definition) is 1. The van der Waals surface area contributed by atoms with E-state index in [9.17, 15) is 18.0 Å². The maximum Gasteiger partial charge on any atom is 0.244 e. The number of para-hydroxylation sites is 1. The lowest BCUT2D eigenvalue weighted by Gasteiger charge is -2.35. The molecule has 0 aliphatic rings. The number of nitrogens with one attached hydrogen (secondary N) is 1. The van der Waals surface area contributed by atoms with Gasteiger partial charge in [0.15, 0.2) is 0 Å². The molecule has 0 saturated carbocycles. The molecule has 0 heterocycles. The van der Waals surface area contributed by atoms with Gasteiger partial charge in [-0.25, -0.2) is 8.42 Å². The third-order valence-electron chi connectivity index (χ3n) is 5.50. The van der Waals surface area contributed by atoms with Crippen LogP contribution in [0.1, 0.15) is 52.2 Å². The SMILES string of the molecule is CCc1ccccc1N(CC(=O)N(Cc1ccccc1Cl)[C@H](CC)C(=O)NC(C)(C)C)S(C)(=O)=O. The summed E-state index contributed by atoms with van der Waals surface area (Å²) in [6, 6.07) is 13.4. The van der Waals surface area contributed by atoms with E-state index >= 15 is 0 Å². The fraction of sp³-hybridized carbons (Fsp3) is 0.462. The first kappa shape index (κ1) is 28.7. The van der Waals surface area contributed by atoms with Crippen molar-refractivity contribution in [3.8, 4) is 0 Å². The van der Waals surface area contributed by atoms with Crippen LogP contribution < -0.4 is 9.62 Å². The number of sulfonamides is 1. The summed E-state index contributed by atoms with van der Waals surface area (Å²) in [5, 5.41) is 3.41. The Bertz CT molecular complexity index is 1150. The minimum Gasteiger partial charge on any atom is -0.350 e. The Kier molecular flexibility index (Phi) is 9.75. The van der Waals surface area contributed by atoms with Gasteiger partial charge in [0.1, 0.15) is 12.6 Å². The van der Waals surface area contributed by atoms with Gasteiger partial charge in [0.25, 0.3) is 0 Å². The summed E-state index contributed by atoms with van der Waals surface area (Å²) in [7, 11) is -3.78. The Balaban J connectivity index is 2.51. The van der Waals surface area contributed by atoms with Crippen LogP contribution in [0.2, 0.25) is 5.02 Å². The lowest BCUT2D eigenvalue weighted by molar-refractivity contribution is -0.141. The lowest BCUT2D eigenvalue weighted by atomic mass is 10.1. The fourth-order valence-electron chi connectivity index (χ4n) is 3.83. The molecule has 0 aliphatic heterocycles. The number of rotatable bonds is 10. The van der Waals surface area contributed by atoms with E-state index in [4.69, 9.17) is 11.6 Å². The molecule has 0 radical (unpaired) electrons. The molecule has 7 nitrogen and oxygen atoms in total. The molecule has 0 unspecified atom stereocenters. The lowest BCUT2D eigenvalue weighted by Crippen LogP contribution is -2.55. The highest BCUT2D eigenvalue weighted by Gasteiger charge is 2.33. The van der Waals surface area contributed by atoms with Crippen molar-refractivity contribution >= 4 is 39.1 Å². The average Bonchev–Trinajstić information content (AvgIpc) is 2.76. The van der Waals surface area contributed by atoms with Crippen molar-refractivity contribution < 1.29 is 18.0 Å². The Labute approximate surface area is 214 Å². The highest BCUT2D eigenvalue weighted by atomic mass is 35.5. The third-order valence-corrected chi connectivity index (χ3v) is 7.00. The number of aryl methyl sites for hydroxylation is 1. The molecule has 0 fully saturated rings. The maximum absolute atomic E-state index is 13.8. The van der Waals surface area contributed by atoms with Crippen molar-refractivity contribution in [2.75, 3.05) is 17.1 Å². The molecule has 0 aromatic heterocycles. The predicted octanol–water partition coefficient (Wildman–Crippen LogP) is 4.39. The average molecular weight is 522 g/mol. The van der Waals surface area contributed by atoms with Crippen molar-refractivity contribution in [2.45, 2.75) is 65.6 Å². The summed E-state index contributed by atoms with van der Waals surface area (Å²) in [6.07, 6.45) is 2.03. The molecule has 2 amide bonds. The van der Waals surface area contributed by atoms with E-state index in [2.05, 4.69) is 5.32 Å². The predicted molar refractivity (Wildman–Crippen MR) is 142 cm³/mol. The van der Waals surface area contributed by atoms with E-state index in [0.29, 0.717) is 29.1 Å². The van der Waals surface area contributed by atoms with Crippen LogP contribution in [0.3, 0.4) is 0 Å². The summed E-state index contributed by atoms with van der Waals surface area (Å²) in [5.41, 5.74) is 1.43. The molecule has 2 rings (SSSR count). The molecule has 35 heavy (non-hydrogen) atoms. The number of carbonyl (C=O) groups is 2. The molecule has 1 N–H and O–H groups in total. The smallest absolute Gasteiger partial charge is 0.244 e. The summed E-state index contributed by atoms with van der Waals surface area (Å²) in [6.45, 7) is 8.98. The monoisotopic (exact) mass is 521 g/mol. The van der Waals surface area contributed by atoms with Crippen LogP contribution in [-0.4, -0.2) is 49.5 Å². The van der Waals surface area contributed by atoms with E-state index in [0.717, 1.165) is 16.1 Å². The van der Waals surface area contributed by atoms with Gasteiger partial charge in [-0.1, -0.05) is 61.8 Å². The highest BCUT2D eigenvalue weighted by Crippen LogP contribution is 2.25. The van der Waals surface area contributed by atoms with Crippen LogP contribution in [-0.2, 0) is 32.6 Å². The zero-order valence-electron chi connectivity index (χ0n) is 21.3. The largest absolute Gasteiger partial charge is 0.350 e. The molecule has 2 aromatic rings. The minimum absolute atomic E-state index is 0.0710. The number of anilines is 1. The number of nitrogens with zero attached hydrogens (tertiary/aromatic N) is 2. The third kappa shape index (κ3) is 7.97. The van der Waals surface area contributed by atoms with Crippen LogP contribution in [0, 0.1) is 0 Å². The Morgan fingerprint density at radius 3 is 2.09 bits per heavy atom. The van der Waals surface area contributed by atoms with Crippen LogP contribution in [0.5, 0.6) is 0 Å². The van der Waals surface area contributed by atoms with E-state index < -0.39 is 34.1 Å². The summed E-state index contributed by atoms with van der Waals surface area (Å²) in [4.78, 5) is 28.4. The number of hydrogen-bond acceptors (Lipinski definition) is 4. The second kappa shape index (κ2) is 11.9. The van der Waals surface area contributed by atoms with Crippen LogP contribution in [0.15, 0.2) is 48.5 Å². The first-order valence-corrected chi connectivity index (χ1v) is 13.9. The summed E-state index contributed by atoms with van der Waals surface area (Å²) >= 11 is 6.38. The summed E-state index contributed by atoms with van der Waals surface area (Å²) in [5.74, 6) is -0.794. The van der Waals surface area contributed by atoms with Crippen molar-refractivity contribution in [1.82, 2.24) is 10.2 Å². The second-order valence-electron chi connectivity index (χ2n) is 9.53. The number of halogens is 1. The fourth-order valence-corrected chi connectivity index (χ4v) is 4.91. The van der Waals surface area contributed by atoms with Gasteiger partial charge in [0.2, 0.25) is 21.8 Å².